The number of carbonyl (C=O) groups excluding carboxylic acids is 1. The molecule has 33 heavy (non-hydrogen) atoms. The third-order valence-corrected chi connectivity index (χ3v) is 6.51. The van der Waals surface area contributed by atoms with Crippen molar-refractivity contribution >= 4 is 23.7 Å². The van der Waals surface area contributed by atoms with Gasteiger partial charge in [-0.2, -0.15) is 0 Å². The van der Waals surface area contributed by atoms with Gasteiger partial charge in [-0.15, -0.1) is 0 Å². The molecule has 1 fully saturated rings. The molecule has 7 nitrogen and oxygen atoms in total. The van der Waals surface area contributed by atoms with Crippen molar-refractivity contribution in [2.24, 2.45) is 0 Å². The maximum Gasteiger partial charge on any atom is 0.222 e. The second kappa shape index (κ2) is 9.21. The Morgan fingerprint density at radius 1 is 0.939 bits per heavy atom. The number of aliphatic hydroxyl groups is 3. The van der Waals surface area contributed by atoms with Gasteiger partial charge in [0.2, 0.25) is 6.23 Å². The highest BCUT2D eigenvalue weighted by atomic mass is 16.6. The van der Waals surface area contributed by atoms with E-state index < -0.39 is 36.6 Å². The molecule has 2 aromatic rings. The summed E-state index contributed by atoms with van der Waals surface area (Å²) in [6, 6.07) is 16.3. The van der Waals surface area contributed by atoms with Gasteiger partial charge < -0.3 is 34.4 Å². The fourth-order valence-electron chi connectivity index (χ4n) is 4.62. The van der Waals surface area contributed by atoms with Crippen molar-refractivity contribution in [2.75, 3.05) is 20.6 Å². The summed E-state index contributed by atoms with van der Waals surface area (Å²) in [4.78, 5) is 11.4. The number of carboxylic acids is 1. The molecule has 1 saturated heterocycles. The minimum Gasteiger partial charge on any atom is -0.547 e. The Morgan fingerprint density at radius 3 is 2.03 bits per heavy atom. The molecule has 7 heteroatoms. The topological polar surface area (TPSA) is 110 Å². The summed E-state index contributed by atoms with van der Waals surface area (Å²) in [7, 11) is 3.58. The Balaban J connectivity index is 1.60. The zero-order valence-corrected chi connectivity index (χ0v) is 18.7. The molecule has 2 aliphatic rings. The summed E-state index contributed by atoms with van der Waals surface area (Å²) < 4.78 is 5.59. The monoisotopic (exact) mass is 451 g/mol. The molecule has 4 rings (SSSR count). The van der Waals surface area contributed by atoms with E-state index in [1.54, 1.807) is 14.1 Å². The molecule has 5 unspecified atom stereocenters. The fraction of sp³-hybridized carbons (Fsp3) is 0.346. The first kappa shape index (κ1) is 23.4. The van der Waals surface area contributed by atoms with Gasteiger partial charge in [-0.25, -0.2) is 0 Å². The number of aliphatic hydroxyl groups excluding tert-OH is 3. The highest BCUT2D eigenvalue weighted by molar-refractivity contribution is 5.93. The largest absolute Gasteiger partial charge is 0.547 e. The van der Waals surface area contributed by atoms with Gasteiger partial charge in [0.15, 0.2) is 6.10 Å². The molecule has 3 N–H and O–H groups in total. The van der Waals surface area contributed by atoms with E-state index in [2.05, 4.69) is 42.5 Å². The Hall–Kier alpha value is -2.81. The quantitative estimate of drug-likeness (QED) is 0.491. The molecule has 2 aromatic carbocycles. The third-order valence-electron chi connectivity index (χ3n) is 6.51. The van der Waals surface area contributed by atoms with Gasteiger partial charge in [0.05, 0.1) is 26.6 Å². The summed E-state index contributed by atoms with van der Waals surface area (Å²) >= 11 is 0. The number of quaternary nitrogens is 1. The fourth-order valence-corrected chi connectivity index (χ4v) is 4.62. The van der Waals surface area contributed by atoms with E-state index >= 15 is 0 Å². The lowest BCUT2D eigenvalue weighted by Gasteiger charge is -2.47. The first-order valence-electron chi connectivity index (χ1n) is 11.0. The Kier molecular flexibility index (Phi) is 6.52. The van der Waals surface area contributed by atoms with E-state index in [-0.39, 0.29) is 4.48 Å². The number of rotatable bonds is 5. The van der Waals surface area contributed by atoms with Crippen molar-refractivity contribution in [1.82, 2.24) is 0 Å². The average molecular weight is 452 g/mol. The van der Waals surface area contributed by atoms with Crippen molar-refractivity contribution < 1.29 is 34.4 Å². The molecule has 0 amide bonds. The zero-order chi connectivity index (χ0) is 23.8. The molecule has 1 aliphatic carbocycles. The van der Waals surface area contributed by atoms with Gasteiger partial charge in [0.25, 0.3) is 0 Å². The van der Waals surface area contributed by atoms with E-state index in [0.717, 1.165) is 27.8 Å². The second-order valence-corrected chi connectivity index (χ2v) is 9.15. The lowest BCUT2D eigenvalue weighted by atomic mass is 9.92. The van der Waals surface area contributed by atoms with Crippen LogP contribution >= 0.6 is 0 Å². The molecular weight excluding hydrogens is 422 g/mol. The molecule has 1 heterocycles. The van der Waals surface area contributed by atoms with Crippen molar-refractivity contribution in [3.63, 3.8) is 0 Å². The summed E-state index contributed by atoms with van der Waals surface area (Å²) in [6.45, 7) is 0.492. The van der Waals surface area contributed by atoms with E-state index in [1.165, 1.54) is 0 Å². The lowest BCUT2D eigenvalue weighted by Crippen LogP contribution is -2.69. The molecule has 0 bridgehead atoms. The number of aliphatic carboxylic acids is 1. The van der Waals surface area contributed by atoms with Gasteiger partial charge in [-0.05, 0) is 27.8 Å². The van der Waals surface area contributed by atoms with Crippen molar-refractivity contribution in [1.29, 1.82) is 0 Å². The number of ether oxygens (including phenoxy) is 1. The summed E-state index contributed by atoms with van der Waals surface area (Å²) in [6.07, 6.45) is -0.642. The second-order valence-electron chi connectivity index (χ2n) is 9.15. The molecule has 0 aromatic heterocycles. The molecule has 0 spiro atoms. The highest BCUT2D eigenvalue weighted by Crippen LogP contribution is 2.34. The SMILES string of the molecule is C[N+](C)(CCC=C1c2ccccc2C=Cc2ccccc21)C1OC(C(=O)[O-])C(O)C(O)C1O. The van der Waals surface area contributed by atoms with Crippen LogP contribution in [0, 0.1) is 0 Å². The Bertz CT molecular complexity index is 1040. The van der Waals surface area contributed by atoms with Crippen LogP contribution in [0.4, 0.5) is 0 Å². The summed E-state index contributed by atoms with van der Waals surface area (Å²) in [5.41, 5.74) is 5.57. The normalized spacial score (nSPS) is 26.8. The number of hydrogen-bond acceptors (Lipinski definition) is 6. The maximum atomic E-state index is 11.4. The van der Waals surface area contributed by atoms with Gasteiger partial charge in [-0.1, -0.05) is 66.8 Å². The average Bonchev–Trinajstić information content (AvgIpc) is 2.94. The van der Waals surface area contributed by atoms with Crippen LogP contribution in [0.3, 0.4) is 0 Å². The minimum absolute atomic E-state index is 0.0834. The molecule has 0 saturated carbocycles. The van der Waals surface area contributed by atoms with Gasteiger partial charge in [0, 0.05) is 6.42 Å². The van der Waals surface area contributed by atoms with E-state index in [9.17, 15) is 25.2 Å². The number of carbonyl (C=O) groups is 1. The summed E-state index contributed by atoms with van der Waals surface area (Å²) in [5, 5.41) is 42.0. The lowest BCUT2D eigenvalue weighted by molar-refractivity contribution is -0.944. The summed E-state index contributed by atoms with van der Waals surface area (Å²) in [5.74, 6) is -1.63. The molecule has 1 aliphatic heterocycles. The first-order valence-corrected chi connectivity index (χ1v) is 11.0. The first-order chi connectivity index (χ1) is 15.7. The van der Waals surface area contributed by atoms with Crippen molar-refractivity contribution in [3.05, 3.63) is 76.9 Å². The molecule has 174 valence electrons. The van der Waals surface area contributed by atoms with Crippen LogP contribution < -0.4 is 5.11 Å². The number of hydrogen-bond donors (Lipinski definition) is 3. The van der Waals surface area contributed by atoms with E-state index in [1.807, 2.05) is 24.3 Å². The predicted octanol–water partition coefficient (Wildman–Crippen LogP) is 0.626. The van der Waals surface area contributed by atoms with Gasteiger partial charge in [0.1, 0.15) is 18.3 Å². The molecular formula is C26H29NO6. The van der Waals surface area contributed by atoms with Crippen molar-refractivity contribution in [2.45, 2.75) is 37.1 Å². The van der Waals surface area contributed by atoms with Gasteiger partial charge >= 0.3 is 0 Å². The number of fused-ring (bicyclic) bond motifs is 2. The number of likely N-dealkylation sites (N-methyl/N-ethyl adjacent to an activating group) is 1. The van der Waals surface area contributed by atoms with Crippen molar-refractivity contribution in [3.8, 4) is 0 Å². The third kappa shape index (κ3) is 4.51. The van der Waals surface area contributed by atoms with Crippen LogP contribution in [0.15, 0.2) is 54.6 Å². The van der Waals surface area contributed by atoms with E-state index in [4.69, 9.17) is 4.74 Å². The Morgan fingerprint density at radius 2 is 1.48 bits per heavy atom. The van der Waals surface area contributed by atoms with Crippen LogP contribution in [0.25, 0.3) is 17.7 Å². The van der Waals surface area contributed by atoms with Crippen LogP contribution in [0.5, 0.6) is 0 Å². The van der Waals surface area contributed by atoms with Crippen LogP contribution in [-0.2, 0) is 9.53 Å². The smallest absolute Gasteiger partial charge is 0.222 e. The maximum absolute atomic E-state index is 11.4. The van der Waals surface area contributed by atoms with Crippen LogP contribution in [0.1, 0.15) is 28.7 Å². The van der Waals surface area contributed by atoms with Gasteiger partial charge in [-0.3, -0.25) is 0 Å². The molecule has 5 atom stereocenters. The number of nitrogens with zero attached hydrogens (tertiary/aromatic N) is 1. The minimum atomic E-state index is -1.75. The Labute approximate surface area is 193 Å². The van der Waals surface area contributed by atoms with E-state index in [0.29, 0.717) is 13.0 Å². The number of benzene rings is 2. The molecule has 0 radical (unpaired) electrons. The number of carboxylic acid groups (broad SMARTS) is 1. The highest BCUT2D eigenvalue weighted by Gasteiger charge is 2.50. The van der Waals surface area contributed by atoms with Crippen LogP contribution in [0.2, 0.25) is 0 Å². The zero-order valence-electron chi connectivity index (χ0n) is 18.7. The standard InChI is InChI=1S/C26H29NO6/c1-27(2,25-23(30)21(28)22(29)24(33-25)26(31)32)15-7-12-20-18-10-5-3-8-16(18)13-14-17-9-4-6-11-19(17)20/h3-6,8-14,21-25,28-30H,7,15H2,1-2H3. The van der Waals surface area contributed by atoms with Crippen LogP contribution in [-0.4, -0.2) is 77.1 Å². The predicted molar refractivity (Wildman–Crippen MR) is 122 cm³/mol.